The summed E-state index contributed by atoms with van der Waals surface area (Å²) in [6, 6.07) is 7.93. The SMILES string of the molecule is Cc1ncn(-c2ccc(NC(=O)C3C[C@H]4CC[C@@H](C3)O4)cc2)c1C. The molecule has 24 heavy (non-hydrogen) atoms. The number of hydrogen-bond acceptors (Lipinski definition) is 3. The molecule has 126 valence electrons. The fraction of sp³-hybridized carbons (Fsp3) is 0.474. The summed E-state index contributed by atoms with van der Waals surface area (Å²) in [5, 5.41) is 3.06. The lowest BCUT2D eigenvalue weighted by Gasteiger charge is -2.27. The third-order valence-electron chi connectivity index (χ3n) is 5.33. The van der Waals surface area contributed by atoms with Crippen LogP contribution in [0.4, 0.5) is 5.69 Å². The average Bonchev–Trinajstić information content (AvgIpc) is 3.10. The maximum atomic E-state index is 12.5. The van der Waals surface area contributed by atoms with E-state index < -0.39 is 0 Å². The van der Waals surface area contributed by atoms with Crippen molar-refractivity contribution in [1.29, 1.82) is 0 Å². The topological polar surface area (TPSA) is 56.2 Å². The fourth-order valence-corrected chi connectivity index (χ4v) is 3.78. The number of rotatable bonds is 3. The highest BCUT2D eigenvalue weighted by molar-refractivity contribution is 5.92. The first kappa shape index (κ1) is 15.4. The molecule has 0 saturated carbocycles. The number of carbonyl (C=O) groups excluding carboxylic acids is 1. The molecule has 2 fully saturated rings. The predicted octanol–water partition coefficient (Wildman–Crippen LogP) is 3.39. The highest BCUT2D eigenvalue weighted by atomic mass is 16.5. The molecular weight excluding hydrogens is 302 g/mol. The zero-order valence-electron chi connectivity index (χ0n) is 14.2. The normalized spacial score (nSPS) is 25.7. The van der Waals surface area contributed by atoms with Crippen LogP contribution in [0.15, 0.2) is 30.6 Å². The Morgan fingerprint density at radius 2 is 1.83 bits per heavy atom. The summed E-state index contributed by atoms with van der Waals surface area (Å²) < 4.78 is 7.87. The van der Waals surface area contributed by atoms with Crippen molar-refractivity contribution in [2.45, 2.75) is 51.7 Å². The predicted molar refractivity (Wildman–Crippen MR) is 92.3 cm³/mol. The van der Waals surface area contributed by atoms with E-state index >= 15 is 0 Å². The molecule has 0 spiro atoms. The lowest BCUT2D eigenvalue weighted by atomic mass is 9.94. The van der Waals surface area contributed by atoms with Crippen molar-refractivity contribution in [2.24, 2.45) is 5.92 Å². The van der Waals surface area contributed by atoms with E-state index in [1.807, 2.05) is 37.5 Å². The van der Waals surface area contributed by atoms with Gasteiger partial charge >= 0.3 is 0 Å². The number of nitrogens with zero attached hydrogens (tertiary/aromatic N) is 2. The summed E-state index contributed by atoms with van der Waals surface area (Å²) in [6.45, 7) is 4.05. The second kappa shape index (κ2) is 6.06. The van der Waals surface area contributed by atoms with Gasteiger partial charge in [0.05, 0.1) is 24.2 Å². The molecule has 2 bridgehead atoms. The Morgan fingerprint density at radius 1 is 1.17 bits per heavy atom. The maximum Gasteiger partial charge on any atom is 0.227 e. The van der Waals surface area contributed by atoms with Crippen LogP contribution in [0, 0.1) is 19.8 Å². The molecule has 3 heterocycles. The van der Waals surface area contributed by atoms with E-state index in [2.05, 4.69) is 21.8 Å². The molecule has 1 unspecified atom stereocenters. The monoisotopic (exact) mass is 325 g/mol. The van der Waals surface area contributed by atoms with E-state index in [0.717, 1.165) is 48.4 Å². The number of aromatic nitrogens is 2. The Hall–Kier alpha value is -2.14. The van der Waals surface area contributed by atoms with Gasteiger partial charge in [0.25, 0.3) is 0 Å². The van der Waals surface area contributed by atoms with Gasteiger partial charge in [-0.05, 0) is 63.8 Å². The number of carbonyl (C=O) groups is 1. The molecule has 0 aliphatic carbocycles. The highest BCUT2D eigenvalue weighted by Crippen LogP contribution is 2.36. The summed E-state index contributed by atoms with van der Waals surface area (Å²) >= 11 is 0. The van der Waals surface area contributed by atoms with Crippen molar-refractivity contribution < 1.29 is 9.53 Å². The number of amides is 1. The number of fused-ring (bicyclic) bond motifs is 2. The van der Waals surface area contributed by atoms with Crippen LogP contribution in [0.25, 0.3) is 5.69 Å². The van der Waals surface area contributed by atoms with Crippen LogP contribution in [0.3, 0.4) is 0 Å². The molecule has 1 aromatic carbocycles. The first-order valence-corrected chi connectivity index (χ1v) is 8.67. The van der Waals surface area contributed by atoms with Gasteiger partial charge in [-0.2, -0.15) is 0 Å². The summed E-state index contributed by atoms with van der Waals surface area (Å²) in [5.41, 5.74) is 4.05. The third kappa shape index (κ3) is 2.84. The molecule has 2 aliphatic heterocycles. The van der Waals surface area contributed by atoms with Gasteiger partial charge in [0, 0.05) is 23.0 Å². The number of nitrogens with one attached hydrogen (secondary N) is 1. The number of imidazole rings is 1. The molecule has 3 atom stereocenters. The molecule has 5 heteroatoms. The Balaban J connectivity index is 1.44. The molecule has 2 saturated heterocycles. The lowest BCUT2D eigenvalue weighted by molar-refractivity contribution is -0.125. The van der Waals surface area contributed by atoms with E-state index in [4.69, 9.17) is 4.74 Å². The van der Waals surface area contributed by atoms with Crippen molar-refractivity contribution in [3.05, 3.63) is 42.0 Å². The Bertz CT molecular complexity index is 738. The number of anilines is 1. The summed E-state index contributed by atoms with van der Waals surface area (Å²) in [4.78, 5) is 16.8. The smallest absolute Gasteiger partial charge is 0.227 e. The summed E-state index contributed by atoms with van der Waals surface area (Å²) in [6.07, 6.45) is 6.32. The molecule has 0 radical (unpaired) electrons. The summed E-state index contributed by atoms with van der Waals surface area (Å²) in [7, 11) is 0. The van der Waals surface area contributed by atoms with Crippen molar-refractivity contribution in [1.82, 2.24) is 9.55 Å². The minimum absolute atomic E-state index is 0.0782. The van der Waals surface area contributed by atoms with Crippen LogP contribution < -0.4 is 5.32 Å². The lowest BCUT2D eigenvalue weighted by Crippen LogP contribution is -2.33. The van der Waals surface area contributed by atoms with E-state index in [-0.39, 0.29) is 24.0 Å². The average molecular weight is 325 g/mol. The van der Waals surface area contributed by atoms with E-state index in [0.29, 0.717) is 0 Å². The minimum atomic E-state index is 0.0782. The number of hydrogen-bond donors (Lipinski definition) is 1. The summed E-state index contributed by atoms with van der Waals surface area (Å²) in [5.74, 6) is 0.201. The van der Waals surface area contributed by atoms with Crippen molar-refractivity contribution in [2.75, 3.05) is 5.32 Å². The maximum absolute atomic E-state index is 12.5. The second-order valence-electron chi connectivity index (χ2n) is 6.95. The Labute approximate surface area is 142 Å². The third-order valence-corrected chi connectivity index (χ3v) is 5.33. The van der Waals surface area contributed by atoms with E-state index in [1.54, 1.807) is 0 Å². The number of benzene rings is 1. The molecule has 2 aliphatic rings. The zero-order chi connectivity index (χ0) is 16.7. The molecule has 4 rings (SSSR count). The van der Waals surface area contributed by atoms with Crippen molar-refractivity contribution >= 4 is 11.6 Å². The molecule has 1 aromatic heterocycles. The first-order valence-electron chi connectivity index (χ1n) is 8.67. The number of aryl methyl sites for hydroxylation is 1. The molecule has 1 amide bonds. The standard InChI is InChI=1S/C19H23N3O2/c1-12-13(2)22(11-20-12)16-5-3-15(4-6-16)21-19(23)14-9-17-7-8-18(10-14)24-17/h3-6,11,14,17-18H,7-10H2,1-2H3,(H,21,23)/t14?,17-,18+. The van der Waals surface area contributed by atoms with Crippen LogP contribution in [-0.2, 0) is 9.53 Å². The van der Waals surface area contributed by atoms with Crippen LogP contribution in [-0.4, -0.2) is 27.7 Å². The van der Waals surface area contributed by atoms with Gasteiger partial charge in [0.15, 0.2) is 0 Å². The van der Waals surface area contributed by atoms with Crippen LogP contribution in [0.5, 0.6) is 0 Å². The van der Waals surface area contributed by atoms with Gasteiger partial charge in [-0.15, -0.1) is 0 Å². The molecule has 2 aromatic rings. The van der Waals surface area contributed by atoms with Gasteiger partial charge in [-0.25, -0.2) is 4.98 Å². The van der Waals surface area contributed by atoms with Gasteiger partial charge < -0.3 is 14.6 Å². The Morgan fingerprint density at radius 3 is 2.42 bits per heavy atom. The minimum Gasteiger partial charge on any atom is -0.375 e. The quantitative estimate of drug-likeness (QED) is 0.941. The molecule has 5 nitrogen and oxygen atoms in total. The zero-order valence-corrected chi connectivity index (χ0v) is 14.2. The number of ether oxygens (including phenoxy) is 1. The van der Waals surface area contributed by atoms with Crippen LogP contribution >= 0.6 is 0 Å². The van der Waals surface area contributed by atoms with Crippen molar-refractivity contribution in [3.8, 4) is 5.69 Å². The van der Waals surface area contributed by atoms with Crippen molar-refractivity contribution in [3.63, 3.8) is 0 Å². The van der Waals surface area contributed by atoms with E-state index in [9.17, 15) is 4.79 Å². The largest absolute Gasteiger partial charge is 0.375 e. The van der Waals surface area contributed by atoms with Crippen LogP contribution in [0.2, 0.25) is 0 Å². The fourth-order valence-electron chi connectivity index (χ4n) is 3.78. The first-order chi connectivity index (χ1) is 11.6. The van der Waals surface area contributed by atoms with Gasteiger partial charge in [0.1, 0.15) is 0 Å². The van der Waals surface area contributed by atoms with Gasteiger partial charge in [-0.1, -0.05) is 0 Å². The second-order valence-corrected chi connectivity index (χ2v) is 6.95. The molecular formula is C19H23N3O2. The van der Waals surface area contributed by atoms with Crippen LogP contribution in [0.1, 0.15) is 37.1 Å². The Kier molecular flexibility index (Phi) is 3.88. The van der Waals surface area contributed by atoms with E-state index in [1.165, 1.54) is 0 Å². The van der Waals surface area contributed by atoms with Gasteiger partial charge in [0.2, 0.25) is 5.91 Å². The van der Waals surface area contributed by atoms with Gasteiger partial charge in [-0.3, -0.25) is 4.79 Å². The molecule has 1 N–H and O–H groups in total. The highest BCUT2D eigenvalue weighted by Gasteiger charge is 2.37.